The van der Waals surface area contributed by atoms with E-state index >= 15 is 0 Å². The van der Waals surface area contributed by atoms with E-state index < -0.39 is 5.60 Å². The summed E-state index contributed by atoms with van der Waals surface area (Å²) in [4.78, 5) is 13.5. The molecule has 0 spiro atoms. The van der Waals surface area contributed by atoms with Crippen molar-refractivity contribution in [2.45, 2.75) is 40.2 Å². The van der Waals surface area contributed by atoms with Crippen LogP contribution in [0.4, 0.5) is 4.79 Å². The molecule has 0 heterocycles. The van der Waals surface area contributed by atoms with Gasteiger partial charge in [0, 0.05) is 27.3 Å². The van der Waals surface area contributed by atoms with Crippen molar-refractivity contribution >= 4 is 6.09 Å². The van der Waals surface area contributed by atoms with Gasteiger partial charge in [0.05, 0.1) is 0 Å². The van der Waals surface area contributed by atoms with Crippen LogP contribution in [0.1, 0.15) is 34.6 Å². The minimum absolute atomic E-state index is 0.267. The van der Waals surface area contributed by atoms with Crippen molar-refractivity contribution < 1.29 is 14.3 Å². The third-order valence-electron chi connectivity index (χ3n) is 2.73. The lowest BCUT2D eigenvalue weighted by atomic mass is 10.1. The molecule has 20 heavy (non-hydrogen) atoms. The molecule has 0 aliphatic rings. The molecule has 0 rings (SSSR count). The van der Waals surface area contributed by atoms with Gasteiger partial charge in [0.2, 0.25) is 0 Å². The lowest BCUT2D eigenvalue weighted by Gasteiger charge is -2.26. The first-order chi connectivity index (χ1) is 9.15. The summed E-state index contributed by atoms with van der Waals surface area (Å²) in [7, 11) is 3.49. The molecule has 5 heteroatoms. The molecule has 0 aromatic heterocycles. The average Bonchev–Trinajstić information content (AvgIpc) is 2.26. The number of nitrogens with zero attached hydrogens (tertiary/aromatic N) is 1. The number of amides is 1. The van der Waals surface area contributed by atoms with Crippen LogP contribution >= 0.6 is 0 Å². The van der Waals surface area contributed by atoms with E-state index in [2.05, 4.69) is 19.2 Å². The Labute approximate surface area is 124 Å². The number of carbonyl (C=O) groups is 1. The van der Waals surface area contributed by atoms with Crippen LogP contribution in [0.5, 0.6) is 0 Å². The van der Waals surface area contributed by atoms with Crippen LogP contribution in [-0.4, -0.2) is 57.0 Å². The SMILES string of the molecule is COCC(C)CNCC(C)CN(C)C(=O)OC(C)(C)C. The fourth-order valence-corrected chi connectivity index (χ4v) is 1.87. The fourth-order valence-electron chi connectivity index (χ4n) is 1.87. The number of hydrogen-bond donors (Lipinski definition) is 1. The lowest BCUT2D eigenvalue weighted by Crippen LogP contribution is -2.39. The van der Waals surface area contributed by atoms with Gasteiger partial charge in [-0.3, -0.25) is 0 Å². The molecule has 2 atom stereocenters. The number of ether oxygens (including phenoxy) is 2. The Morgan fingerprint density at radius 2 is 1.75 bits per heavy atom. The third kappa shape index (κ3) is 10.0. The number of nitrogens with one attached hydrogen (secondary N) is 1. The van der Waals surface area contributed by atoms with Crippen molar-refractivity contribution in [2.24, 2.45) is 11.8 Å². The lowest BCUT2D eigenvalue weighted by molar-refractivity contribution is 0.0276. The van der Waals surface area contributed by atoms with Gasteiger partial charge in [0.15, 0.2) is 0 Å². The van der Waals surface area contributed by atoms with Crippen LogP contribution < -0.4 is 5.32 Å². The highest BCUT2D eigenvalue weighted by Crippen LogP contribution is 2.10. The quantitative estimate of drug-likeness (QED) is 0.745. The van der Waals surface area contributed by atoms with Crippen molar-refractivity contribution in [1.82, 2.24) is 10.2 Å². The Balaban J connectivity index is 3.90. The van der Waals surface area contributed by atoms with E-state index in [9.17, 15) is 4.79 Å². The first-order valence-electron chi connectivity index (χ1n) is 7.29. The van der Waals surface area contributed by atoms with Gasteiger partial charge in [-0.2, -0.15) is 0 Å². The van der Waals surface area contributed by atoms with Crippen LogP contribution in [0.2, 0.25) is 0 Å². The zero-order valence-electron chi connectivity index (χ0n) is 14.2. The molecule has 0 saturated heterocycles. The highest BCUT2D eigenvalue weighted by atomic mass is 16.6. The van der Waals surface area contributed by atoms with Crippen LogP contribution in [0.15, 0.2) is 0 Å². The highest BCUT2D eigenvalue weighted by molar-refractivity contribution is 5.67. The number of carbonyl (C=O) groups excluding carboxylic acids is 1. The van der Waals surface area contributed by atoms with Crippen LogP contribution in [-0.2, 0) is 9.47 Å². The Kier molecular flexibility index (Phi) is 8.81. The monoisotopic (exact) mass is 288 g/mol. The molecule has 120 valence electrons. The van der Waals surface area contributed by atoms with Gasteiger partial charge in [-0.1, -0.05) is 13.8 Å². The first kappa shape index (κ1) is 19.2. The van der Waals surface area contributed by atoms with Gasteiger partial charge in [-0.25, -0.2) is 4.79 Å². The van der Waals surface area contributed by atoms with Crippen molar-refractivity contribution in [3.8, 4) is 0 Å². The van der Waals surface area contributed by atoms with E-state index in [1.807, 2.05) is 20.8 Å². The second-order valence-electron chi connectivity index (χ2n) is 6.68. The molecule has 0 bridgehead atoms. The summed E-state index contributed by atoms with van der Waals surface area (Å²) in [5.41, 5.74) is -0.442. The van der Waals surface area contributed by atoms with E-state index in [-0.39, 0.29) is 6.09 Å². The molecule has 1 amide bonds. The highest BCUT2D eigenvalue weighted by Gasteiger charge is 2.20. The maximum absolute atomic E-state index is 11.8. The Morgan fingerprint density at radius 1 is 1.20 bits per heavy atom. The maximum atomic E-state index is 11.8. The first-order valence-corrected chi connectivity index (χ1v) is 7.29. The molecular weight excluding hydrogens is 256 g/mol. The average molecular weight is 288 g/mol. The largest absolute Gasteiger partial charge is 0.444 e. The van der Waals surface area contributed by atoms with Gasteiger partial charge in [0.25, 0.3) is 0 Å². The minimum atomic E-state index is -0.442. The van der Waals surface area contributed by atoms with E-state index in [1.165, 1.54) is 0 Å². The molecule has 0 aromatic carbocycles. The zero-order valence-corrected chi connectivity index (χ0v) is 14.2. The number of hydrogen-bond acceptors (Lipinski definition) is 4. The summed E-state index contributed by atoms with van der Waals surface area (Å²) in [6.45, 7) is 13.1. The van der Waals surface area contributed by atoms with Crippen molar-refractivity contribution in [2.75, 3.05) is 40.4 Å². The number of rotatable bonds is 8. The van der Waals surface area contributed by atoms with Crippen molar-refractivity contribution in [3.63, 3.8) is 0 Å². The molecule has 0 fully saturated rings. The Morgan fingerprint density at radius 3 is 2.25 bits per heavy atom. The summed E-state index contributed by atoms with van der Waals surface area (Å²) in [6, 6.07) is 0. The van der Waals surface area contributed by atoms with E-state index in [0.29, 0.717) is 18.4 Å². The van der Waals surface area contributed by atoms with E-state index in [1.54, 1.807) is 19.1 Å². The second kappa shape index (κ2) is 9.19. The summed E-state index contributed by atoms with van der Waals surface area (Å²) in [5, 5.41) is 3.40. The molecular formula is C15H32N2O3. The predicted molar refractivity (Wildman–Crippen MR) is 81.9 cm³/mol. The smallest absolute Gasteiger partial charge is 0.410 e. The van der Waals surface area contributed by atoms with Gasteiger partial charge in [-0.05, 0) is 45.7 Å². The summed E-state index contributed by atoms with van der Waals surface area (Å²) < 4.78 is 10.4. The molecule has 1 N–H and O–H groups in total. The van der Waals surface area contributed by atoms with Crippen LogP contribution in [0, 0.1) is 11.8 Å². The van der Waals surface area contributed by atoms with Gasteiger partial charge < -0.3 is 19.7 Å². The molecule has 5 nitrogen and oxygen atoms in total. The predicted octanol–water partition coefficient (Wildman–Crippen LogP) is 2.36. The summed E-state index contributed by atoms with van der Waals surface area (Å²) in [5.74, 6) is 0.873. The van der Waals surface area contributed by atoms with Crippen LogP contribution in [0.3, 0.4) is 0 Å². The van der Waals surface area contributed by atoms with Gasteiger partial charge >= 0.3 is 6.09 Å². The molecule has 0 aromatic rings. The van der Waals surface area contributed by atoms with Crippen molar-refractivity contribution in [3.05, 3.63) is 0 Å². The van der Waals surface area contributed by atoms with Gasteiger partial charge in [-0.15, -0.1) is 0 Å². The Bertz CT molecular complexity index is 277. The van der Waals surface area contributed by atoms with Gasteiger partial charge in [0.1, 0.15) is 5.60 Å². The van der Waals surface area contributed by atoms with E-state index in [0.717, 1.165) is 19.7 Å². The molecule has 2 unspecified atom stereocenters. The summed E-state index contributed by atoms with van der Waals surface area (Å²) >= 11 is 0. The maximum Gasteiger partial charge on any atom is 0.410 e. The Hall–Kier alpha value is -0.810. The normalized spacial score (nSPS) is 14.8. The molecule has 0 radical (unpaired) electrons. The standard InChI is InChI=1S/C15H32N2O3/c1-12(8-16-9-13(2)11-19-7)10-17(6)14(18)20-15(3,4)5/h12-13,16H,8-11H2,1-7H3. The molecule has 0 aliphatic carbocycles. The zero-order chi connectivity index (χ0) is 15.8. The number of methoxy groups -OCH3 is 1. The summed E-state index contributed by atoms with van der Waals surface area (Å²) in [6.07, 6.45) is -0.267. The molecule has 0 saturated carbocycles. The minimum Gasteiger partial charge on any atom is -0.444 e. The third-order valence-corrected chi connectivity index (χ3v) is 2.73. The fraction of sp³-hybridized carbons (Fsp3) is 0.933. The molecule has 0 aliphatic heterocycles. The van der Waals surface area contributed by atoms with E-state index in [4.69, 9.17) is 9.47 Å². The van der Waals surface area contributed by atoms with Crippen LogP contribution in [0.25, 0.3) is 0 Å². The topological polar surface area (TPSA) is 50.8 Å². The second-order valence-corrected chi connectivity index (χ2v) is 6.68. The van der Waals surface area contributed by atoms with Crippen molar-refractivity contribution in [1.29, 1.82) is 0 Å².